The van der Waals surface area contributed by atoms with Crippen molar-refractivity contribution in [2.24, 2.45) is 5.84 Å². The lowest BCUT2D eigenvalue weighted by molar-refractivity contribution is 0.431. The van der Waals surface area contributed by atoms with Crippen molar-refractivity contribution in [3.63, 3.8) is 0 Å². The number of hydrogen-bond acceptors (Lipinski definition) is 2. The molecule has 0 aliphatic rings. The lowest BCUT2D eigenvalue weighted by Gasteiger charge is -2.18. The molecule has 0 radical (unpaired) electrons. The fourth-order valence-corrected chi connectivity index (χ4v) is 1.82. The summed E-state index contributed by atoms with van der Waals surface area (Å²) >= 11 is 0. The van der Waals surface area contributed by atoms with Crippen molar-refractivity contribution < 1.29 is 17.6 Å². The minimum atomic E-state index is -1.62. The van der Waals surface area contributed by atoms with Gasteiger partial charge in [-0.05, 0) is 12.1 Å². The molecular formula is C13H10F4N2. The first-order chi connectivity index (χ1) is 9.06. The summed E-state index contributed by atoms with van der Waals surface area (Å²) in [4.78, 5) is 0. The third-order valence-electron chi connectivity index (χ3n) is 2.76. The summed E-state index contributed by atoms with van der Waals surface area (Å²) in [7, 11) is 0. The Morgan fingerprint density at radius 1 is 0.789 bits per heavy atom. The monoisotopic (exact) mass is 270 g/mol. The lowest BCUT2D eigenvalue weighted by atomic mass is 9.98. The number of nitrogens with two attached hydrogens (primary N) is 1. The van der Waals surface area contributed by atoms with E-state index < -0.39 is 29.3 Å². The summed E-state index contributed by atoms with van der Waals surface area (Å²) in [5, 5.41) is 0. The Balaban J connectivity index is 2.55. The van der Waals surface area contributed by atoms with E-state index in [9.17, 15) is 17.6 Å². The maximum Gasteiger partial charge on any atom is 0.194 e. The summed E-state index contributed by atoms with van der Waals surface area (Å²) in [6, 6.07) is 6.19. The molecule has 0 aliphatic heterocycles. The second kappa shape index (κ2) is 5.38. The molecule has 0 aromatic heterocycles. The van der Waals surface area contributed by atoms with E-state index in [-0.39, 0.29) is 11.1 Å². The maximum absolute atomic E-state index is 13.7. The van der Waals surface area contributed by atoms with E-state index in [0.717, 1.165) is 18.2 Å². The van der Waals surface area contributed by atoms with Gasteiger partial charge in [0.1, 0.15) is 5.82 Å². The van der Waals surface area contributed by atoms with Crippen molar-refractivity contribution >= 4 is 0 Å². The number of rotatable bonds is 3. The molecule has 1 atom stereocenters. The van der Waals surface area contributed by atoms with Crippen molar-refractivity contribution in [1.29, 1.82) is 0 Å². The van der Waals surface area contributed by atoms with Gasteiger partial charge >= 0.3 is 0 Å². The smallest absolute Gasteiger partial charge is 0.194 e. The van der Waals surface area contributed by atoms with Gasteiger partial charge in [0.15, 0.2) is 17.5 Å². The average molecular weight is 270 g/mol. The van der Waals surface area contributed by atoms with Gasteiger partial charge in [0.2, 0.25) is 0 Å². The molecule has 1 unspecified atom stereocenters. The number of benzene rings is 2. The van der Waals surface area contributed by atoms with Crippen LogP contribution in [0.3, 0.4) is 0 Å². The van der Waals surface area contributed by atoms with Crippen molar-refractivity contribution in [2.45, 2.75) is 6.04 Å². The van der Waals surface area contributed by atoms with Gasteiger partial charge in [-0.2, -0.15) is 0 Å². The van der Waals surface area contributed by atoms with Crippen molar-refractivity contribution in [2.75, 3.05) is 0 Å². The van der Waals surface area contributed by atoms with E-state index in [1.54, 1.807) is 0 Å². The van der Waals surface area contributed by atoms with Crippen LogP contribution < -0.4 is 11.3 Å². The zero-order valence-electron chi connectivity index (χ0n) is 9.63. The van der Waals surface area contributed by atoms with Crippen LogP contribution in [-0.2, 0) is 0 Å². The first kappa shape index (κ1) is 13.5. The van der Waals surface area contributed by atoms with Crippen LogP contribution in [0.25, 0.3) is 0 Å². The van der Waals surface area contributed by atoms with Gasteiger partial charge in [0.25, 0.3) is 0 Å². The Bertz CT molecular complexity index is 601. The minimum absolute atomic E-state index is 0.0370. The first-order valence-electron chi connectivity index (χ1n) is 5.40. The minimum Gasteiger partial charge on any atom is -0.271 e. The average Bonchev–Trinajstić information content (AvgIpc) is 2.41. The molecule has 2 aromatic carbocycles. The number of hydrogen-bond donors (Lipinski definition) is 2. The van der Waals surface area contributed by atoms with Gasteiger partial charge in [-0.3, -0.25) is 5.84 Å². The van der Waals surface area contributed by atoms with Crippen LogP contribution in [0.15, 0.2) is 36.4 Å². The van der Waals surface area contributed by atoms with Crippen molar-refractivity contribution in [3.8, 4) is 0 Å². The van der Waals surface area contributed by atoms with Gasteiger partial charge in [0, 0.05) is 11.1 Å². The number of nitrogens with one attached hydrogen (secondary N) is 1. The summed E-state index contributed by atoms with van der Waals surface area (Å²) in [5.74, 6) is 0.305. The molecule has 2 aromatic rings. The highest BCUT2D eigenvalue weighted by Crippen LogP contribution is 2.27. The van der Waals surface area contributed by atoms with Crippen LogP contribution in [0.5, 0.6) is 0 Å². The molecule has 3 N–H and O–H groups in total. The Morgan fingerprint density at radius 2 is 1.47 bits per heavy atom. The van der Waals surface area contributed by atoms with Crippen molar-refractivity contribution in [3.05, 3.63) is 70.8 Å². The topological polar surface area (TPSA) is 38.0 Å². The fourth-order valence-electron chi connectivity index (χ4n) is 1.82. The van der Waals surface area contributed by atoms with Gasteiger partial charge < -0.3 is 0 Å². The molecule has 0 amide bonds. The Morgan fingerprint density at radius 3 is 2.11 bits per heavy atom. The molecule has 19 heavy (non-hydrogen) atoms. The van der Waals surface area contributed by atoms with E-state index in [1.165, 1.54) is 18.2 Å². The van der Waals surface area contributed by atoms with E-state index >= 15 is 0 Å². The quantitative estimate of drug-likeness (QED) is 0.389. The van der Waals surface area contributed by atoms with Crippen LogP contribution in [0.2, 0.25) is 0 Å². The summed E-state index contributed by atoms with van der Waals surface area (Å²) in [6.07, 6.45) is 0. The van der Waals surface area contributed by atoms with E-state index in [1.807, 2.05) is 0 Å². The van der Waals surface area contributed by atoms with Gasteiger partial charge in [0.05, 0.1) is 6.04 Å². The highest BCUT2D eigenvalue weighted by molar-refractivity contribution is 5.34. The first-order valence-corrected chi connectivity index (χ1v) is 5.40. The van der Waals surface area contributed by atoms with Crippen LogP contribution in [0.4, 0.5) is 17.6 Å². The molecular weight excluding hydrogens is 260 g/mol. The standard InChI is InChI=1S/C13H10F4N2/c14-9-4-2-1-3-7(9)13(19-18)8-5-6-10(15)12(17)11(8)16/h1-6,13,19H,18H2. The Kier molecular flexibility index (Phi) is 3.82. The SMILES string of the molecule is NNC(c1ccccc1F)c1ccc(F)c(F)c1F. The zero-order chi connectivity index (χ0) is 14.0. The second-order valence-corrected chi connectivity index (χ2v) is 3.89. The predicted octanol–water partition coefficient (Wildman–Crippen LogP) is 2.80. The summed E-state index contributed by atoms with van der Waals surface area (Å²) in [6.45, 7) is 0. The van der Waals surface area contributed by atoms with Crippen LogP contribution in [0, 0.1) is 23.3 Å². The van der Waals surface area contributed by atoms with Crippen molar-refractivity contribution in [1.82, 2.24) is 5.43 Å². The summed E-state index contributed by atoms with van der Waals surface area (Å²) < 4.78 is 53.4. The molecule has 0 spiro atoms. The molecule has 0 saturated heterocycles. The molecule has 0 bridgehead atoms. The van der Waals surface area contributed by atoms with Gasteiger partial charge in [-0.15, -0.1) is 0 Å². The third kappa shape index (κ3) is 2.45. The molecule has 0 heterocycles. The number of halogens is 4. The Hall–Kier alpha value is -1.92. The molecule has 2 nitrogen and oxygen atoms in total. The Labute approximate surface area is 106 Å². The molecule has 0 saturated carbocycles. The predicted molar refractivity (Wildman–Crippen MR) is 61.9 cm³/mol. The fraction of sp³-hybridized carbons (Fsp3) is 0.0769. The van der Waals surface area contributed by atoms with Crippen LogP contribution in [-0.4, -0.2) is 0 Å². The largest absolute Gasteiger partial charge is 0.271 e. The highest BCUT2D eigenvalue weighted by Gasteiger charge is 2.23. The third-order valence-corrected chi connectivity index (χ3v) is 2.76. The van der Waals surface area contributed by atoms with E-state index in [2.05, 4.69) is 5.43 Å². The zero-order valence-corrected chi connectivity index (χ0v) is 9.63. The van der Waals surface area contributed by atoms with E-state index in [0.29, 0.717) is 0 Å². The second-order valence-electron chi connectivity index (χ2n) is 3.89. The van der Waals surface area contributed by atoms with Gasteiger partial charge in [-0.25, -0.2) is 23.0 Å². The highest BCUT2D eigenvalue weighted by atomic mass is 19.2. The summed E-state index contributed by atoms with van der Waals surface area (Å²) in [5.41, 5.74) is 1.96. The normalized spacial score (nSPS) is 12.5. The van der Waals surface area contributed by atoms with Crippen LogP contribution in [0.1, 0.15) is 17.2 Å². The van der Waals surface area contributed by atoms with Gasteiger partial charge in [-0.1, -0.05) is 24.3 Å². The van der Waals surface area contributed by atoms with Crippen LogP contribution >= 0.6 is 0 Å². The molecule has 0 fully saturated rings. The molecule has 6 heteroatoms. The molecule has 2 rings (SSSR count). The number of hydrazine groups is 1. The maximum atomic E-state index is 13.7. The lowest BCUT2D eigenvalue weighted by Crippen LogP contribution is -2.30. The van der Waals surface area contributed by atoms with E-state index in [4.69, 9.17) is 5.84 Å². The molecule has 0 aliphatic carbocycles. The molecule has 100 valence electrons.